The van der Waals surface area contributed by atoms with E-state index in [9.17, 15) is 14.0 Å². The van der Waals surface area contributed by atoms with E-state index in [0.29, 0.717) is 29.4 Å². The van der Waals surface area contributed by atoms with Gasteiger partial charge in [-0.05, 0) is 89.6 Å². The number of nitrogens with zero attached hydrogens (tertiary/aromatic N) is 1. The molecule has 5 rings (SSSR count). The maximum Gasteiger partial charge on any atom is 0.270 e. The molecule has 0 radical (unpaired) electrons. The number of halogens is 2. The molecule has 39 heavy (non-hydrogen) atoms. The van der Waals surface area contributed by atoms with E-state index in [-0.39, 0.29) is 22.3 Å². The molecule has 1 heterocycles. The topological polar surface area (TPSA) is 67.9 Å². The Hall–Kier alpha value is -4.27. The second-order valence-electron chi connectivity index (χ2n) is 8.67. The Morgan fingerprint density at radius 3 is 2.46 bits per heavy atom. The van der Waals surface area contributed by atoms with Crippen molar-refractivity contribution in [3.8, 4) is 11.5 Å². The third-order valence-corrected chi connectivity index (χ3v) is 6.59. The lowest BCUT2D eigenvalue weighted by atomic mass is 10.1. The number of benzene rings is 4. The molecule has 0 spiro atoms. The van der Waals surface area contributed by atoms with Gasteiger partial charge in [0, 0.05) is 0 Å². The van der Waals surface area contributed by atoms with Crippen molar-refractivity contribution in [1.29, 1.82) is 0 Å². The van der Waals surface area contributed by atoms with Crippen molar-refractivity contribution < 1.29 is 23.5 Å². The van der Waals surface area contributed by atoms with Crippen LogP contribution in [0, 0.1) is 5.82 Å². The van der Waals surface area contributed by atoms with E-state index in [1.165, 1.54) is 30.3 Å². The molecule has 196 valence electrons. The molecule has 4 aromatic carbocycles. The van der Waals surface area contributed by atoms with Crippen molar-refractivity contribution >= 4 is 63.3 Å². The third-order valence-electron chi connectivity index (χ3n) is 6.03. The van der Waals surface area contributed by atoms with Gasteiger partial charge in [-0.15, -0.1) is 0 Å². The maximum absolute atomic E-state index is 13.4. The van der Waals surface area contributed by atoms with Gasteiger partial charge < -0.3 is 9.47 Å². The molecular formula is C30H22ClFN2O4S. The second kappa shape index (κ2) is 11.2. The standard InChI is InChI=1S/C30H22ClFN2O4S/c1-2-37-26-16-19(14-24-28(35)33-30(39)34(29(24)36)23-11-9-22(32)10-12-23)15-25(31)27(26)38-17-18-7-8-20-5-3-4-6-21(20)13-18/h3-16H,2,17H2,1H3,(H,33,35,39)/b24-14-. The molecule has 2 amide bonds. The van der Waals surface area contributed by atoms with E-state index in [2.05, 4.69) is 5.32 Å². The van der Waals surface area contributed by atoms with Gasteiger partial charge in [0.2, 0.25) is 0 Å². The number of nitrogens with one attached hydrogen (secondary N) is 1. The first-order chi connectivity index (χ1) is 18.8. The zero-order valence-corrected chi connectivity index (χ0v) is 22.3. The van der Waals surface area contributed by atoms with Gasteiger partial charge in [-0.3, -0.25) is 19.8 Å². The van der Waals surface area contributed by atoms with E-state index in [1.807, 2.05) is 49.4 Å². The Kier molecular flexibility index (Phi) is 7.58. The van der Waals surface area contributed by atoms with E-state index < -0.39 is 17.6 Å². The number of carbonyl (C=O) groups is 2. The molecule has 1 fully saturated rings. The van der Waals surface area contributed by atoms with Crippen molar-refractivity contribution in [3.63, 3.8) is 0 Å². The van der Waals surface area contributed by atoms with Crippen LogP contribution in [0.5, 0.6) is 11.5 Å². The number of amides is 2. The summed E-state index contributed by atoms with van der Waals surface area (Å²) in [4.78, 5) is 27.1. The fourth-order valence-corrected chi connectivity index (χ4v) is 4.76. The lowest BCUT2D eigenvalue weighted by Crippen LogP contribution is -2.54. The van der Waals surface area contributed by atoms with Gasteiger partial charge in [-0.25, -0.2) is 4.39 Å². The summed E-state index contributed by atoms with van der Waals surface area (Å²) in [6.07, 6.45) is 1.40. The van der Waals surface area contributed by atoms with Gasteiger partial charge >= 0.3 is 0 Å². The molecule has 1 aliphatic heterocycles. The van der Waals surface area contributed by atoms with Crippen LogP contribution in [-0.2, 0) is 16.2 Å². The van der Waals surface area contributed by atoms with E-state index in [4.69, 9.17) is 33.3 Å². The Labute approximate surface area is 234 Å². The van der Waals surface area contributed by atoms with Crippen LogP contribution in [-0.4, -0.2) is 23.5 Å². The minimum atomic E-state index is -0.658. The monoisotopic (exact) mass is 560 g/mol. The number of rotatable bonds is 7. The average Bonchev–Trinajstić information content (AvgIpc) is 2.91. The predicted octanol–water partition coefficient (Wildman–Crippen LogP) is 6.44. The smallest absolute Gasteiger partial charge is 0.270 e. The Morgan fingerprint density at radius 1 is 0.974 bits per heavy atom. The Morgan fingerprint density at radius 2 is 1.72 bits per heavy atom. The number of ether oxygens (including phenoxy) is 2. The van der Waals surface area contributed by atoms with Crippen LogP contribution < -0.4 is 19.7 Å². The van der Waals surface area contributed by atoms with Gasteiger partial charge in [0.15, 0.2) is 16.6 Å². The summed E-state index contributed by atoms with van der Waals surface area (Å²) >= 11 is 11.8. The zero-order chi connectivity index (χ0) is 27.5. The summed E-state index contributed by atoms with van der Waals surface area (Å²) in [6, 6.07) is 22.6. The molecule has 4 aromatic rings. The van der Waals surface area contributed by atoms with Crippen LogP contribution in [0.1, 0.15) is 18.1 Å². The highest BCUT2D eigenvalue weighted by Gasteiger charge is 2.34. The summed E-state index contributed by atoms with van der Waals surface area (Å²) in [6.45, 7) is 2.43. The lowest BCUT2D eigenvalue weighted by molar-refractivity contribution is -0.122. The minimum absolute atomic E-state index is 0.0979. The highest BCUT2D eigenvalue weighted by molar-refractivity contribution is 7.80. The molecule has 0 aromatic heterocycles. The lowest BCUT2D eigenvalue weighted by Gasteiger charge is -2.29. The summed E-state index contributed by atoms with van der Waals surface area (Å²) in [5.41, 5.74) is 1.56. The van der Waals surface area contributed by atoms with Crippen LogP contribution in [0.3, 0.4) is 0 Å². The highest BCUT2D eigenvalue weighted by Crippen LogP contribution is 2.38. The molecule has 9 heteroatoms. The van der Waals surface area contributed by atoms with Gasteiger partial charge in [-0.1, -0.05) is 48.0 Å². The first-order valence-corrected chi connectivity index (χ1v) is 12.9. The third kappa shape index (κ3) is 5.62. The second-order valence-corrected chi connectivity index (χ2v) is 9.46. The maximum atomic E-state index is 13.4. The quantitative estimate of drug-likeness (QED) is 0.160. The normalized spacial score (nSPS) is 14.6. The molecule has 6 nitrogen and oxygen atoms in total. The van der Waals surface area contributed by atoms with E-state index in [1.54, 1.807) is 12.1 Å². The zero-order valence-electron chi connectivity index (χ0n) is 20.7. The fraction of sp³-hybridized carbons (Fsp3) is 0.100. The number of fused-ring (bicyclic) bond motifs is 1. The minimum Gasteiger partial charge on any atom is -0.490 e. The van der Waals surface area contributed by atoms with Crippen molar-refractivity contribution in [3.05, 3.63) is 106 Å². The van der Waals surface area contributed by atoms with Gasteiger partial charge in [0.25, 0.3) is 11.8 Å². The molecule has 1 N–H and O–H groups in total. The van der Waals surface area contributed by atoms with Gasteiger partial charge in [0.05, 0.1) is 17.3 Å². The average molecular weight is 561 g/mol. The van der Waals surface area contributed by atoms with Crippen LogP contribution in [0.15, 0.2) is 84.4 Å². The number of hydrogen-bond donors (Lipinski definition) is 1. The van der Waals surface area contributed by atoms with Crippen LogP contribution >= 0.6 is 23.8 Å². The molecule has 0 bridgehead atoms. The van der Waals surface area contributed by atoms with Gasteiger partial charge in [-0.2, -0.15) is 0 Å². The van der Waals surface area contributed by atoms with Crippen molar-refractivity contribution in [2.24, 2.45) is 0 Å². The first kappa shape index (κ1) is 26.3. The Bertz CT molecular complexity index is 1640. The number of anilines is 1. The van der Waals surface area contributed by atoms with Crippen molar-refractivity contribution in [2.75, 3.05) is 11.5 Å². The molecular weight excluding hydrogens is 539 g/mol. The van der Waals surface area contributed by atoms with Crippen molar-refractivity contribution in [2.45, 2.75) is 13.5 Å². The van der Waals surface area contributed by atoms with Crippen LogP contribution in [0.2, 0.25) is 5.02 Å². The van der Waals surface area contributed by atoms with Gasteiger partial charge in [0.1, 0.15) is 18.0 Å². The summed E-state index contributed by atoms with van der Waals surface area (Å²) in [5, 5.41) is 4.89. The summed E-state index contributed by atoms with van der Waals surface area (Å²) < 4.78 is 25.3. The fourth-order valence-electron chi connectivity index (χ4n) is 4.21. The number of thiocarbonyl (C=S) groups is 1. The first-order valence-electron chi connectivity index (χ1n) is 12.1. The molecule has 1 saturated heterocycles. The largest absolute Gasteiger partial charge is 0.490 e. The summed E-state index contributed by atoms with van der Waals surface area (Å²) in [5.74, 6) is -1.06. The van der Waals surface area contributed by atoms with E-state index >= 15 is 0 Å². The predicted molar refractivity (Wildman–Crippen MR) is 154 cm³/mol. The number of hydrogen-bond acceptors (Lipinski definition) is 5. The molecule has 1 aliphatic rings. The van der Waals surface area contributed by atoms with Crippen LogP contribution in [0.25, 0.3) is 16.8 Å². The Balaban J connectivity index is 1.43. The van der Waals surface area contributed by atoms with Crippen LogP contribution in [0.4, 0.5) is 10.1 Å². The highest BCUT2D eigenvalue weighted by atomic mass is 35.5. The molecule has 0 saturated carbocycles. The SMILES string of the molecule is CCOc1cc(/C=C2/C(=O)NC(=S)N(c3ccc(F)cc3)C2=O)cc(Cl)c1OCc1ccc2ccccc2c1. The van der Waals surface area contributed by atoms with E-state index in [0.717, 1.165) is 21.2 Å². The molecule has 0 unspecified atom stereocenters. The molecule has 0 atom stereocenters. The van der Waals surface area contributed by atoms with Crippen molar-refractivity contribution in [1.82, 2.24) is 5.32 Å². The number of carbonyl (C=O) groups excluding carboxylic acids is 2. The molecule has 0 aliphatic carbocycles. The summed E-state index contributed by atoms with van der Waals surface area (Å²) in [7, 11) is 0.